The first-order valence-corrected chi connectivity index (χ1v) is 41.3. The number of ether oxygens (including phenoxy) is 8. The number of Topliss-reactive ketones (excluding diaryl/α,β-unsaturated/α-hetero) is 1. The van der Waals surface area contributed by atoms with Gasteiger partial charge in [0.25, 0.3) is 0 Å². The van der Waals surface area contributed by atoms with Crippen LogP contribution in [0.2, 0.25) is 54.4 Å². The molecule has 0 aliphatic carbocycles. The minimum Gasteiger partial charge on any atom is -0.458 e. The van der Waals surface area contributed by atoms with Crippen LogP contribution >= 0.6 is 22.6 Å². The molecule has 3 fully saturated rings. The third kappa shape index (κ3) is 17.5. The maximum absolute atomic E-state index is 15.9. The number of ketones is 1. The first-order valence-electron chi connectivity index (χ1n) is 29.8. The van der Waals surface area contributed by atoms with Crippen LogP contribution in [0.3, 0.4) is 0 Å². The molecule has 85 heavy (non-hydrogen) atoms. The number of fused-ring (bicyclic) bond motifs is 1. The Morgan fingerprint density at radius 2 is 1.16 bits per heavy atom. The highest BCUT2D eigenvalue weighted by atomic mass is 127. The van der Waals surface area contributed by atoms with Crippen LogP contribution in [-0.4, -0.2) is 158 Å². The first kappa shape index (κ1) is 71.1. The topological polar surface area (TPSA) is 187 Å². The zero-order chi connectivity index (χ0) is 63.1. The number of benzene rings is 3. The van der Waals surface area contributed by atoms with E-state index in [1.54, 1.807) is 78.9 Å². The molecule has 6 rings (SSSR count). The molecular weight excluding hydrogens is 1270 g/mol. The first-order chi connectivity index (χ1) is 39.6. The van der Waals surface area contributed by atoms with Gasteiger partial charge >= 0.3 is 11.9 Å². The minimum atomic E-state index is -4.56. The smallest absolute Gasteiger partial charge is 0.338 e. The highest BCUT2D eigenvalue weighted by Crippen LogP contribution is 2.48. The number of methoxy groups -OCH3 is 3. The largest absolute Gasteiger partial charge is 0.458 e. The van der Waals surface area contributed by atoms with Crippen molar-refractivity contribution in [1.29, 1.82) is 0 Å². The van der Waals surface area contributed by atoms with E-state index in [0.717, 1.165) is 0 Å². The molecule has 3 aliphatic rings. The van der Waals surface area contributed by atoms with E-state index in [9.17, 15) is 9.59 Å². The summed E-state index contributed by atoms with van der Waals surface area (Å²) < 4.78 is 107. The normalized spacial score (nSPS) is 25.7. The van der Waals surface area contributed by atoms with Crippen molar-refractivity contribution >= 4 is 75.1 Å². The van der Waals surface area contributed by atoms with Crippen molar-refractivity contribution in [3.63, 3.8) is 0 Å². The van der Waals surface area contributed by atoms with Crippen molar-refractivity contribution in [3.05, 3.63) is 112 Å². The van der Waals surface area contributed by atoms with Crippen molar-refractivity contribution in [2.24, 2.45) is 5.92 Å². The van der Waals surface area contributed by atoms with E-state index in [2.05, 4.69) is 130 Å². The molecule has 0 bridgehead atoms. The quantitative estimate of drug-likeness (QED) is 0.0319. The summed E-state index contributed by atoms with van der Waals surface area (Å²) in [5, 5.41) is -2.31. The fourth-order valence-electron chi connectivity index (χ4n) is 10.6. The fraction of sp³-hybridized carbons (Fsp3) is 0.641. The molecule has 3 heterocycles. The van der Waals surface area contributed by atoms with Crippen molar-refractivity contribution in [1.82, 2.24) is 0 Å². The van der Waals surface area contributed by atoms with E-state index in [1.165, 1.54) is 33.5 Å². The van der Waals surface area contributed by atoms with Gasteiger partial charge < -0.3 is 51.2 Å². The predicted molar refractivity (Wildman–Crippen MR) is 345 cm³/mol. The molecule has 3 aromatic rings. The molecular formula is C64H97IO16SSi3. The molecule has 21 heteroatoms. The molecule has 0 saturated carbocycles. The molecule has 0 radical (unpaired) electrons. The lowest BCUT2D eigenvalue weighted by molar-refractivity contribution is -0.266. The van der Waals surface area contributed by atoms with Crippen LogP contribution < -0.4 is 0 Å². The van der Waals surface area contributed by atoms with Gasteiger partial charge in [0, 0.05) is 46.5 Å². The maximum Gasteiger partial charge on any atom is 0.338 e. The van der Waals surface area contributed by atoms with Gasteiger partial charge in [0.05, 0.1) is 52.6 Å². The lowest BCUT2D eigenvalue weighted by Crippen LogP contribution is -2.69. The van der Waals surface area contributed by atoms with Crippen LogP contribution in [0.15, 0.2) is 106 Å². The van der Waals surface area contributed by atoms with Crippen LogP contribution in [0.4, 0.5) is 0 Å². The van der Waals surface area contributed by atoms with Crippen molar-refractivity contribution < 1.29 is 74.0 Å². The van der Waals surface area contributed by atoms with E-state index < -0.39 is 137 Å². The fourth-order valence-corrected chi connectivity index (χ4v) is 16.9. The standard InChI is InChI=1S/C64H97IO16SSi3/c1-62(2,3)83(13,14)79-49(36-37-65)56-58(81-85(17,18)64(7,8)9)57(80-84(15,16)63(4,5)6)55-48(78-56)35-34-44(75-55)38-47(66)59(82(69,70)46-32-26-21-27-33-46)53-50(40-52(71-10)72-11)77-51(54(53)73-12)39-45(76-61(68)43-30-24-20-25-31-43)41-74-60(67)42-28-22-19-23-29-42/h19-33,36-37,44-45,48-59H,34-35,38-41H2,1-18H3/b37-36+/t44-,45-,48+,49+,50+,51-,53+,54+,55+,56+,57+,58-,59-/m1/s1. The molecule has 0 N–H and O–H groups in total. The third-order valence-corrected chi connectivity index (χ3v) is 34.5. The second-order valence-corrected chi connectivity index (χ2v) is 44.5. The van der Waals surface area contributed by atoms with E-state index in [0.29, 0.717) is 18.4 Å². The minimum absolute atomic E-state index is 0.0171. The lowest BCUT2D eigenvalue weighted by atomic mass is 9.84. The van der Waals surface area contributed by atoms with Gasteiger partial charge in [-0.1, -0.05) is 140 Å². The van der Waals surface area contributed by atoms with Gasteiger partial charge in [-0.15, -0.1) is 0 Å². The van der Waals surface area contributed by atoms with Crippen molar-refractivity contribution in [2.75, 3.05) is 27.9 Å². The summed E-state index contributed by atoms with van der Waals surface area (Å²) in [7, 11) is -7.91. The van der Waals surface area contributed by atoms with Gasteiger partial charge in [-0.25, -0.2) is 18.0 Å². The van der Waals surface area contributed by atoms with Crippen LogP contribution in [0.5, 0.6) is 0 Å². The maximum atomic E-state index is 15.9. The van der Waals surface area contributed by atoms with Gasteiger partial charge in [-0.2, -0.15) is 0 Å². The summed E-state index contributed by atoms with van der Waals surface area (Å²) in [4.78, 5) is 43.0. The van der Waals surface area contributed by atoms with Gasteiger partial charge in [-0.3, -0.25) is 4.79 Å². The summed E-state index contributed by atoms with van der Waals surface area (Å²) in [5.74, 6) is -3.12. The Balaban J connectivity index is 1.43. The van der Waals surface area contributed by atoms with Gasteiger partial charge in [-0.05, 0) is 114 Å². The number of carbonyl (C=O) groups is 3. The molecule has 474 valence electrons. The second kappa shape index (κ2) is 29.3. The number of halogens is 1. The van der Waals surface area contributed by atoms with E-state index in [1.807, 2.05) is 4.08 Å². The number of hydrogen-bond donors (Lipinski definition) is 0. The Hall–Kier alpha value is -3.02. The van der Waals surface area contributed by atoms with Gasteiger partial charge in [0.15, 0.2) is 46.9 Å². The third-order valence-electron chi connectivity index (χ3n) is 18.5. The average Bonchev–Trinajstić information content (AvgIpc) is 1.82. The lowest BCUT2D eigenvalue weighted by Gasteiger charge is -2.56. The highest BCUT2D eigenvalue weighted by Gasteiger charge is 2.60. The van der Waals surface area contributed by atoms with Gasteiger partial charge in [0.2, 0.25) is 0 Å². The molecule has 16 nitrogen and oxygen atoms in total. The molecule has 3 aromatic carbocycles. The second-order valence-electron chi connectivity index (χ2n) is 27.5. The SMILES string of the molecule is COC(C[C@@H]1O[C@H](C[C@H](COC(=O)c2ccccc2)OC(=O)c2ccccc2)[C@H](OC)[C@H]1[C@@H](C(=O)C[C@H]1CC[C@@H]2O[C@@H]([C@H](/C=C/I)O[Si](C)(C)C(C)(C)C)[C@@H](O[Si](C)(C)C(C)(C)C)[C@@H](O[Si](C)(C)C(C)(C)C)[C@H]2O1)S(=O)(=O)c1ccccc1)OC. The number of hydrogen-bond acceptors (Lipinski definition) is 16. The number of rotatable bonds is 26. The van der Waals surface area contributed by atoms with Crippen LogP contribution in [-0.2, 0) is 65.8 Å². The van der Waals surface area contributed by atoms with E-state index in [4.69, 9.17) is 51.2 Å². The molecule has 13 atom stereocenters. The molecule has 0 amide bonds. The molecule has 0 spiro atoms. The van der Waals surface area contributed by atoms with Crippen molar-refractivity contribution in [3.8, 4) is 0 Å². The molecule has 0 aromatic heterocycles. The zero-order valence-corrected chi connectivity index (χ0v) is 59.4. The van der Waals surface area contributed by atoms with Crippen molar-refractivity contribution in [2.45, 2.75) is 232 Å². The summed E-state index contributed by atoms with van der Waals surface area (Å²) in [6.45, 7) is 32.9. The molecule has 0 unspecified atom stereocenters. The number of carbonyl (C=O) groups excluding carboxylic acids is 3. The van der Waals surface area contributed by atoms with Gasteiger partial charge in [0.1, 0.15) is 42.4 Å². The zero-order valence-electron chi connectivity index (χ0n) is 53.5. The molecule has 3 saturated heterocycles. The molecule has 3 aliphatic heterocycles. The number of esters is 2. The number of sulfone groups is 1. The average molecular weight is 1370 g/mol. The Morgan fingerprint density at radius 3 is 1.67 bits per heavy atom. The summed E-state index contributed by atoms with van der Waals surface area (Å²) in [5.41, 5.74) is 0.553. The Morgan fingerprint density at radius 1 is 0.647 bits per heavy atom. The van der Waals surface area contributed by atoms with Crippen LogP contribution in [0.1, 0.15) is 115 Å². The van der Waals surface area contributed by atoms with Crippen LogP contribution in [0, 0.1) is 5.92 Å². The van der Waals surface area contributed by atoms with E-state index in [-0.39, 0.29) is 51.4 Å². The summed E-state index contributed by atoms with van der Waals surface area (Å²) >= 11 is 2.25. The predicted octanol–water partition coefficient (Wildman–Crippen LogP) is 13.1. The highest BCUT2D eigenvalue weighted by molar-refractivity contribution is 14.1. The Bertz CT molecular complexity index is 2780. The summed E-state index contributed by atoms with van der Waals surface area (Å²) in [6.07, 6.45) is -7.13. The monoisotopic (exact) mass is 1360 g/mol. The Kier molecular flexibility index (Phi) is 24.5. The van der Waals surface area contributed by atoms with Crippen LogP contribution in [0.25, 0.3) is 0 Å². The Labute approximate surface area is 524 Å². The van der Waals surface area contributed by atoms with E-state index >= 15 is 13.2 Å². The summed E-state index contributed by atoms with van der Waals surface area (Å²) in [6, 6.07) is 24.7.